The van der Waals surface area contributed by atoms with E-state index in [-0.39, 0.29) is 0 Å². The van der Waals surface area contributed by atoms with E-state index in [9.17, 15) is 9.90 Å². The Labute approximate surface area is 106 Å². The number of rotatable bonds is 5. The van der Waals surface area contributed by atoms with Crippen LogP contribution in [-0.2, 0) is 11.2 Å². The fraction of sp³-hybridized carbons (Fsp3) is 0.267. The lowest BCUT2D eigenvalue weighted by Gasteiger charge is -2.07. The Hall–Kier alpha value is -1.87. The molecule has 1 amide bonds. The van der Waals surface area contributed by atoms with Crippen molar-refractivity contribution in [1.29, 1.82) is 0 Å². The van der Waals surface area contributed by atoms with E-state index in [1.807, 2.05) is 12.1 Å². The average molecular weight is 243 g/mol. The van der Waals surface area contributed by atoms with E-state index >= 15 is 0 Å². The van der Waals surface area contributed by atoms with E-state index in [0.29, 0.717) is 6.42 Å². The zero-order valence-corrected chi connectivity index (χ0v) is 10.2. The summed E-state index contributed by atoms with van der Waals surface area (Å²) in [4.78, 5) is 10.7. The van der Waals surface area contributed by atoms with Gasteiger partial charge < -0.3 is 10.8 Å². The van der Waals surface area contributed by atoms with E-state index in [0.717, 1.165) is 12.8 Å². The van der Waals surface area contributed by atoms with Gasteiger partial charge in [0.05, 0.1) is 0 Å². The van der Waals surface area contributed by atoms with Crippen molar-refractivity contribution < 1.29 is 9.90 Å². The second kappa shape index (κ2) is 5.65. The number of primary amides is 1. The number of amides is 1. The summed E-state index contributed by atoms with van der Waals surface area (Å²) in [5, 5.41) is 11.7. The summed E-state index contributed by atoms with van der Waals surface area (Å²) in [7, 11) is 0. The third-order valence-corrected chi connectivity index (χ3v) is 3.09. The Morgan fingerprint density at radius 3 is 2.61 bits per heavy atom. The maximum absolute atomic E-state index is 10.7. The van der Waals surface area contributed by atoms with Crippen LogP contribution in [0.15, 0.2) is 42.5 Å². The number of hydrogen-bond acceptors (Lipinski definition) is 2. The Balaban J connectivity index is 1.98. The molecule has 0 fully saturated rings. The first-order valence-electron chi connectivity index (χ1n) is 6.12. The number of hydrogen-bond donors (Lipinski definition) is 2. The van der Waals surface area contributed by atoms with Gasteiger partial charge in [0.25, 0.3) is 0 Å². The highest BCUT2D eigenvalue weighted by atomic mass is 16.3. The molecule has 0 bridgehead atoms. The van der Waals surface area contributed by atoms with Crippen molar-refractivity contribution >= 4 is 16.7 Å². The lowest BCUT2D eigenvalue weighted by atomic mass is 10.0. The molecule has 3 heteroatoms. The van der Waals surface area contributed by atoms with Crippen LogP contribution in [0, 0.1) is 0 Å². The number of carbonyl (C=O) groups is 1. The molecule has 0 spiro atoms. The molecule has 18 heavy (non-hydrogen) atoms. The number of carbonyl (C=O) groups excluding carboxylic acids is 1. The molecule has 0 aliphatic carbocycles. The molecule has 0 heterocycles. The Morgan fingerprint density at radius 2 is 1.89 bits per heavy atom. The van der Waals surface area contributed by atoms with E-state index < -0.39 is 12.0 Å². The van der Waals surface area contributed by atoms with Crippen molar-refractivity contribution in [2.24, 2.45) is 5.73 Å². The molecule has 2 rings (SSSR count). The maximum atomic E-state index is 10.7. The SMILES string of the molecule is NC(=O)C(O)CCCc1ccc2ccccc2c1. The zero-order valence-electron chi connectivity index (χ0n) is 10.2. The van der Waals surface area contributed by atoms with Crippen molar-refractivity contribution in [3.8, 4) is 0 Å². The predicted octanol–water partition coefficient (Wildman–Crippen LogP) is 2.01. The standard InChI is InChI=1S/C15H17NO2/c16-15(18)14(17)7-3-4-11-8-9-12-5-1-2-6-13(12)10-11/h1-2,5-6,8-10,14,17H,3-4,7H2,(H2,16,18). The van der Waals surface area contributed by atoms with Gasteiger partial charge in [0.2, 0.25) is 5.91 Å². The molecule has 0 saturated heterocycles. The number of nitrogens with two attached hydrogens (primary N) is 1. The topological polar surface area (TPSA) is 63.3 Å². The summed E-state index contributed by atoms with van der Waals surface area (Å²) >= 11 is 0. The van der Waals surface area contributed by atoms with Gasteiger partial charge in [-0.15, -0.1) is 0 Å². The van der Waals surface area contributed by atoms with Gasteiger partial charge in [-0.05, 0) is 35.6 Å². The molecular formula is C15H17NO2. The first kappa shape index (κ1) is 12.6. The quantitative estimate of drug-likeness (QED) is 0.843. The van der Waals surface area contributed by atoms with Crippen molar-refractivity contribution in [3.05, 3.63) is 48.0 Å². The molecule has 0 radical (unpaired) electrons. The van der Waals surface area contributed by atoms with Gasteiger partial charge in [-0.1, -0.05) is 42.5 Å². The van der Waals surface area contributed by atoms with Gasteiger partial charge in [-0.3, -0.25) is 4.79 Å². The summed E-state index contributed by atoms with van der Waals surface area (Å²) in [5.74, 6) is -0.645. The van der Waals surface area contributed by atoms with Crippen LogP contribution < -0.4 is 5.73 Å². The van der Waals surface area contributed by atoms with Crippen LogP contribution >= 0.6 is 0 Å². The summed E-state index contributed by atoms with van der Waals surface area (Å²) < 4.78 is 0. The van der Waals surface area contributed by atoms with Gasteiger partial charge in [0.1, 0.15) is 6.10 Å². The van der Waals surface area contributed by atoms with E-state index in [2.05, 4.69) is 30.3 Å². The number of benzene rings is 2. The summed E-state index contributed by atoms with van der Waals surface area (Å²) in [6.07, 6.45) is 0.991. The van der Waals surface area contributed by atoms with Crippen molar-refractivity contribution in [2.45, 2.75) is 25.4 Å². The van der Waals surface area contributed by atoms with E-state index in [4.69, 9.17) is 5.73 Å². The van der Waals surface area contributed by atoms with Crippen molar-refractivity contribution in [1.82, 2.24) is 0 Å². The van der Waals surface area contributed by atoms with Crippen molar-refractivity contribution in [3.63, 3.8) is 0 Å². The molecule has 1 atom stereocenters. The minimum absolute atomic E-state index is 0.419. The van der Waals surface area contributed by atoms with Crippen LogP contribution in [0.4, 0.5) is 0 Å². The number of aliphatic hydroxyl groups is 1. The molecule has 3 N–H and O–H groups in total. The third kappa shape index (κ3) is 3.08. The minimum atomic E-state index is -1.02. The first-order chi connectivity index (χ1) is 8.66. The Kier molecular flexibility index (Phi) is 3.95. The molecule has 3 nitrogen and oxygen atoms in total. The van der Waals surface area contributed by atoms with Gasteiger partial charge >= 0.3 is 0 Å². The highest BCUT2D eigenvalue weighted by molar-refractivity contribution is 5.83. The fourth-order valence-corrected chi connectivity index (χ4v) is 2.04. The van der Waals surface area contributed by atoms with Crippen LogP contribution in [0.5, 0.6) is 0 Å². The summed E-state index contributed by atoms with van der Waals surface area (Å²) in [6.45, 7) is 0. The van der Waals surface area contributed by atoms with E-state index in [1.165, 1.54) is 16.3 Å². The van der Waals surface area contributed by atoms with Crippen molar-refractivity contribution in [2.75, 3.05) is 0 Å². The highest BCUT2D eigenvalue weighted by Gasteiger charge is 2.09. The second-order valence-electron chi connectivity index (χ2n) is 4.49. The molecule has 1 unspecified atom stereocenters. The highest BCUT2D eigenvalue weighted by Crippen LogP contribution is 2.17. The lowest BCUT2D eigenvalue weighted by Crippen LogP contribution is -2.28. The van der Waals surface area contributed by atoms with Crippen LogP contribution in [0.1, 0.15) is 18.4 Å². The number of aryl methyl sites for hydroxylation is 1. The second-order valence-corrected chi connectivity index (χ2v) is 4.49. The normalized spacial score (nSPS) is 12.5. The molecule has 0 aliphatic heterocycles. The molecule has 0 aromatic heterocycles. The molecule has 2 aromatic rings. The predicted molar refractivity (Wildman–Crippen MR) is 72.1 cm³/mol. The molecule has 94 valence electrons. The van der Waals surface area contributed by atoms with Gasteiger partial charge in [0.15, 0.2) is 0 Å². The van der Waals surface area contributed by atoms with E-state index in [1.54, 1.807) is 0 Å². The van der Waals surface area contributed by atoms with Crippen LogP contribution in [0.3, 0.4) is 0 Å². The van der Waals surface area contributed by atoms with Gasteiger partial charge in [-0.2, -0.15) is 0 Å². The van der Waals surface area contributed by atoms with Gasteiger partial charge in [-0.25, -0.2) is 0 Å². The average Bonchev–Trinajstić information content (AvgIpc) is 2.38. The molecule has 0 aliphatic rings. The fourth-order valence-electron chi connectivity index (χ4n) is 2.04. The Bertz CT molecular complexity index is 551. The molecular weight excluding hydrogens is 226 g/mol. The molecule has 2 aromatic carbocycles. The monoisotopic (exact) mass is 243 g/mol. The maximum Gasteiger partial charge on any atom is 0.246 e. The minimum Gasteiger partial charge on any atom is -0.383 e. The van der Waals surface area contributed by atoms with Crippen LogP contribution in [0.2, 0.25) is 0 Å². The van der Waals surface area contributed by atoms with Crippen LogP contribution in [0.25, 0.3) is 10.8 Å². The van der Waals surface area contributed by atoms with Crippen LogP contribution in [-0.4, -0.2) is 17.1 Å². The zero-order chi connectivity index (χ0) is 13.0. The smallest absolute Gasteiger partial charge is 0.246 e. The largest absolute Gasteiger partial charge is 0.383 e. The first-order valence-corrected chi connectivity index (χ1v) is 6.12. The summed E-state index contributed by atoms with van der Waals surface area (Å²) in [6, 6.07) is 14.5. The molecule has 0 saturated carbocycles. The third-order valence-electron chi connectivity index (χ3n) is 3.09. The number of aliphatic hydroxyl groups excluding tert-OH is 1. The Morgan fingerprint density at radius 1 is 1.17 bits per heavy atom. The summed E-state index contributed by atoms with van der Waals surface area (Å²) in [5.41, 5.74) is 6.21. The number of fused-ring (bicyclic) bond motifs is 1. The lowest BCUT2D eigenvalue weighted by molar-refractivity contribution is -0.126. The van der Waals surface area contributed by atoms with Gasteiger partial charge in [0, 0.05) is 0 Å².